The molecule has 1 aliphatic rings. The fraction of sp³-hybridized carbons (Fsp3) is 0.286. The Labute approximate surface area is 170 Å². The average molecular weight is 415 g/mol. The van der Waals surface area contributed by atoms with E-state index in [1.165, 1.54) is 28.6 Å². The fourth-order valence-electron chi connectivity index (χ4n) is 3.72. The minimum atomic E-state index is -3.84. The van der Waals surface area contributed by atoms with Crippen molar-refractivity contribution in [3.63, 3.8) is 0 Å². The normalized spacial score (nSPS) is 17.3. The number of benzene rings is 2. The van der Waals surface area contributed by atoms with Gasteiger partial charge in [-0.2, -0.15) is 4.31 Å². The van der Waals surface area contributed by atoms with Gasteiger partial charge in [-0.25, -0.2) is 17.8 Å². The van der Waals surface area contributed by atoms with Crippen LogP contribution in [0.4, 0.5) is 4.39 Å². The van der Waals surface area contributed by atoms with E-state index in [-0.39, 0.29) is 10.9 Å². The van der Waals surface area contributed by atoms with E-state index < -0.39 is 15.8 Å². The van der Waals surface area contributed by atoms with Crippen LogP contribution in [0.5, 0.6) is 0 Å². The van der Waals surface area contributed by atoms with Crippen LogP contribution in [-0.2, 0) is 10.0 Å². The molecule has 4 rings (SSSR count). The Morgan fingerprint density at radius 1 is 0.966 bits per heavy atom. The average Bonchev–Trinajstić information content (AvgIpc) is 3.24. The number of rotatable bonds is 5. The predicted octanol–water partition coefficient (Wildman–Crippen LogP) is 3.08. The molecule has 152 valence electrons. The molecule has 2 aromatic carbocycles. The zero-order chi connectivity index (χ0) is 20.4. The summed E-state index contributed by atoms with van der Waals surface area (Å²) in [6, 6.07) is 15.5. The van der Waals surface area contributed by atoms with Crippen LogP contribution in [0.25, 0.3) is 5.69 Å². The van der Waals surface area contributed by atoms with E-state index in [4.69, 9.17) is 0 Å². The van der Waals surface area contributed by atoms with Crippen LogP contribution in [0, 0.1) is 5.82 Å². The highest BCUT2D eigenvalue weighted by Gasteiger charge is 2.32. The monoisotopic (exact) mass is 414 g/mol. The molecule has 0 N–H and O–H groups in total. The number of halogens is 1. The first-order valence-electron chi connectivity index (χ1n) is 9.56. The highest BCUT2D eigenvalue weighted by Crippen LogP contribution is 2.25. The zero-order valence-corrected chi connectivity index (χ0v) is 17.0. The van der Waals surface area contributed by atoms with Crippen molar-refractivity contribution >= 4 is 10.0 Å². The molecule has 2 heterocycles. The maximum atomic E-state index is 14.0. The molecular formula is C21H23FN4O2S. The Morgan fingerprint density at radius 3 is 2.31 bits per heavy atom. The largest absolute Gasteiger partial charge is 0.302 e. The maximum Gasteiger partial charge on any atom is 0.246 e. The van der Waals surface area contributed by atoms with Crippen LogP contribution in [0.3, 0.4) is 0 Å². The summed E-state index contributed by atoms with van der Waals surface area (Å²) in [5, 5.41) is 0. The molecule has 1 aliphatic heterocycles. The van der Waals surface area contributed by atoms with E-state index in [0.29, 0.717) is 26.2 Å². The predicted molar refractivity (Wildman–Crippen MR) is 109 cm³/mol. The molecule has 1 saturated heterocycles. The molecule has 0 bridgehead atoms. The van der Waals surface area contributed by atoms with E-state index in [1.54, 1.807) is 6.20 Å². The van der Waals surface area contributed by atoms with Gasteiger partial charge in [0.1, 0.15) is 16.5 Å². The van der Waals surface area contributed by atoms with E-state index in [1.807, 2.05) is 41.1 Å². The molecule has 1 fully saturated rings. The second kappa shape index (κ2) is 8.06. The van der Waals surface area contributed by atoms with Crippen molar-refractivity contribution < 1.29 is 12.8 Å². The zero-order valence-electron chi connectivity index (χ0n) is 16.1. The highest BCUT2D eigenvalue weighted by atomic mass is 32.2. The quantitative estimate of drug-likeness (QED) is 0.644. The number of nitrogens with zero attached hydrogens (tertiary/aromatic N) is 4. The minimum absolute atomic E-state index is 0.0171. The van der Waals surface area contributed by atoms with Gasteiger partial charge in [0.25, 0.3) is 0 Å². The van der Waals surface area contributed by atoms with E-state index in [2.05, 4.69) is 16.8 Å². The van der Waals surface area contributed by atoms with Gasteiger partial charge in [0, 0.05) is 44.3 Å². The SMILES string of the molecule is CC(c1nccn1-c1ccccc1)N1CCN(S(=O)(=O)c2ccccc2F)CC1. The van der Waals surface area contributed by atoms with Crippen LogP contribution >= 0.6 is 0 Å². The second-order valence-corrected chi connectivity index (χ2v) is 8.94. The number of hydrogen-bond acceptors (Lipinski definition) is 4. The first-order valence-corrected chi connectivity index (χ1v) is 11.0. The molecule has 0 aliphatic carbocycles. The lowest BCUT2D eigenvalue weighted by molar-refractivity contribution is 0.140. The van der Waals surface area contributed by atoms with E-state index in [0.717, 1.165) is 11.5 Å². The standard InChI is InChI=1S/C21H23FN4O2S/c1-17(21-23-11-12-26(21)18-7-3-2-4-8-18)24-13-15-25(16-14-24)29(27,28)20-10-6-5-9-19(20)22/h2-12,17H,13-16H2,1H3. The van der Waals surface area contributed by atoms with Gasteiger partial charge in [-0.15, -0.1) is 0 Å². The molecule has 29 heavy (non-hydrogen) atoms. The summed E-state index contributed by atoms with van der Waals surface area (Å²) < 4.78 is 43.0. The fourth-order valence-corrected chi connectivity index (χ4v) is 5.21. The van der Waals surface area contributed by atoms with Crippen molar-refractivity contribution in [2.75, 3.05) is 26.2 Å². The van der Waals surface area contributed by atoms with Crippen molar-refractivity contribution in [1.82, 2.24) is 18.8 Å². The summed E-state index contributed by atoms with van der Waals surface area (Å²) >= 11 is 0. The lowest BCUT2D eigenvalue weighted by atomic mass is 10.2. The minimum Gasteiger partial charge on any atom is -0.302 e. The van der Waals surface area contributed by atoms with Crippen molar-refractivity contribution in [3.8, 4) is 5.69 Å². The molecule has 0 radical (unpaired) electrons. The van der Waals surface area contributed by atoms with Crippen LogP contribution in [0.2, 0.25) is 0 Å². The number of para-hydroxylation sites is 1. The number of imidazole rings is 1. The van der Waals surface area contributed by atoms with Gasteiger partial charge in [0.15, 0.2) is 0 Å². The third-order valence-electron chi connectivity index (χ3n) is 5.35. The summed E-state index contributed by atoms with van der Waals surface area (Å²) in [7, 11) is -3.84. The van der Waals surface area contributed by atoms with Crippen molar-refractivity contribution in [2.45, 2.75) is 17.9 Å². The van der Waals surface area contributed by atoms with Gasteiger partial charge in [-0.1, -0.05) is 30.3 Å². The van der Waals surface area contributed by atoms with Crippen LogP contribution in [-0.4, -0.2) is 53.4 Å². The Bertz CT molecular complexity index is 1080. The number of aromatic nitrogens is 2. The molecule has 0 spiro atoms. The molecule has 6 nitrogen and oxygen atoms in total. The van der Waals surface area contributed by atoms with Gasteiger partial charge >= 0.3 is 0 Å². The Balaban J connectivity index is 1.48. The Kier molecular flexibility index (Phi) is 5.49. The van der Waals surface area contributed by atoms with Crippen molar-refractivity contribution in [3.05, 3.63) is 78.6 Å². The lowest BCUT2D eigenvalue weighted by Gasteiger charge is -2.37. The molecular weight excluding hydrogens is 391 g/mol. The lowest BCUT2D eigenvalue weighted by Crippen LogP contribution is -2.49. The van der Waals surface area contributed by atoms with E-state index >= 15 is 0 Å². The summed E-state index contributed by atoms with van der Waals surface area (Å²) in [5.74, 6) is 0.190. The molecule has 3 aromatic rings. The Morgan fingerprint density at radius 2 is 1.62 bits per heavy atom. The van der Waals surface area contributed by atoms with Crippen LogP contribution in [0.15, 0.2) is 71.9 Å². The third-order valence-corrected chi connectivity index (χ3v) is 7.28. The van der Waals surface area contributed by atoms with Gasteiger partial charge in [-0.3, -0.25) is 4.90 Å². The molecule has 1 unspecified atom stereocenters. The molecule has 0 saturated carbocycles. The van der Waals surface area contributed by atoms with Gasteiger partial charge in [0.05, 0.1) is 6.04 Å². The maximum absolute atomic E-state index is 14.0. The molecule has 1 aromatic heterocycles. The van der Waals surface area contributed by atoms with Gasteiger partial charge in [-0.05, 0) is 31.2 Å². The van der Waals surface area contributed by atoms with Crippen molar-refractivity contribution in [2.24, 2.45) is 0 Å². The third kappa shape index (κ3) is 3.83. The summed E-state index contributed by atoms with van der Waals surface area (Å²) in [6.07, 6.45) is 3.71. The van der Waals surface area contributed by atoms with Crippen LogP contribution in [0.1, 0.15) is 18.8 Å². The summed E-state index contributed by atoms with van der Waals surface area (Å²) in [6.45, 7) is 3.80. The number of sulfonamides is 1. The smallest absolute Gasteiger partial charge is 0.246 e. The molecule has 1 atom stereocenters. The second-order valence-electron chi connectivity index (χ2n) is 7.04. The molecule has 0 amide bonds. The summed E-state index contributed by atoms with van der Waals surface area (Å²) in [4.78, 5) is 6.48. The Hall–Kier alpha value is -2.55. The summed E-state index contributed by atoms with van der Waals surface area (Å²) in [5.41, 5.74) is 1.03. The first kappa shape index (κ1) is 19.8. The van der Waals surface area contributed by atoms with Crippen LogP contribution < -0.4 is 0 Å². The van der Waals surface area contributed by atoms with Crippen molar-refractivity contribution in [1.29, 1.82) is 0 Å². The van der Waals surface area contributed by atoms with Gasteiger partial charge in [0.2, 0.25) is 10.0 Å². The number of piperazine rings is 1. The number of hydrogen-bond donors (Lipinski definition) is 0. The molecule has 8 heteroatoms. The highest BCUT2D eigenvalue weighted by molar-refractivity contribution is 7.89. The topological polar surface area (TPSA) is 58.4 Å². The van der Waals surface area contributed by atoms with Gasteiger partial charge < -0.3 is 4.57 Å². The van der Waals surface area contributed by atoms with E-state index in [9.17, 15) is 12.8 Å². The first-order chi connectivity index (χ1) is 14.0.